The van der Waals surface area contributed by atoms with Crippen LogP contribution in [0.1, 0.15) is 245 Å². The van der Waals surface area contributed by atoms with Gasteiger partial charge in [0.2, 0.25) is 5.91 Å². The molecule has 2 atom stereocenters. The second-order valence-corrected chi connectivity index (χ2v) is 17.9. The zero-order valence-electron chi connectivity index (χ0n) is 36.3. The van der Waals surface area contributed by atoms with Gasteiger partial charge in [0, 0.05) is 6.42 Å². The molecule has 0 aromatic rings. The Morgan fingerprint density at radius 2 is 0.782 bits per heavy atom. The molecule has 0 saturated carbocycles. The molecule has 0 rings (SSSR count). The number of aliphatic hydroxyl groups is 1. The number of carbonyl (C=O) groups excluding carboxylic acids is 1. The first kappa shape index (κ1) is 53.6. The molecule has 3 N–H and O–H groups in total. The summed E-state index contributed by atoms with van der Waals surface area (Å²) < 4.78 is 32.6. The lowest BCUT2D eigenvalue weighted by atomic mass is 10.0. The summed E-state index contributed by atoms with van der Waals surface area (Å²) >= 11 is 0. The van der Waals surface area contributed by atoms with E-state index in [4.69, 9.17) is 0 Å². The largest absolute Gasteiger partial charge is 0.387 e. The molecule has 0 bridgehead atoms. The molecule has 2 unspecified atom stereocenters. The first-order valence-electron chi connectivity index (χ1n) is 23.7. The third-order valence-corrected chi connectivity index (χ3v) is 11.6. The molecule has 0 aliphatic heterocycles. The van der Waals surface area contributed by atoms with Crippen LogP contribution in [-0.4, -0.2) is 41.9 Å². The van der Waals surface area contributed by atoms with Gasteiger partial charge in [-0.1, -0.05) is 230 Å². The Bertz CT molecular complexity index is 1010. The Balaban J connectivity index is 3.86. The van der Waals surface area contributed by atoms with Crippen LogP contribution in [0.4, 0.5) is 0 Å². The van der Waals surface area contributed by atoms with E-state index in [0.717, 1.165) is 38.5 Å². The van der Waals surface area contributed by atoms with E-state index in [9.17, 15) is 22.9 Å². The number of aliphatic hydroxyl groups excluding tert-OH is 1. The van der Waals surface area contributed by atoms with E-state index >= 15 is 0 Å². The van der Waals surface area contributed by atoms with Crippen LogP contribution in [0.25, 0.3) is 0 Å². The van der Waals surface area contributed by atoms with E-state index in [1.807, 2.05) is 6.08 Å². The predicted octanol–water partition coefficient (Wildman–Crippen LogP) is 14.5. The molecule has 0 spiro atoms. The average Bonchev–Trinajstić information content (AvgIpc) is 3.15. The topological polar surface area (TPSA) is 104 Å². The highest BCUT2D eigenvalue weighted by Gasteiger charge is 2.24. The van der Waals surface area contributed by atoms with E-state index in [0.29, 0.717) is 6.42 Å². The van der Waals surface area contributed by atoms with Crippen molar-refractivity contribution in [3.8, 4) is 0 Å². The van der Waals surface area contributed by atoms with Gasteiger partial charge < -0.3 is 10.4 Å². The van der Waals surface area contributed by atoms with Crippen molar-refractivity contribution in [2.45, 2.75) is 257 Å². The van der Waals surface area contributed by atoms with Gasteiger partial charge in [-0.2, -0.15) is 8.42 Å². The van der Waals surface area contributed by atoms with Crippen molar-refractivity contribution in [3.63, 3.8) is 0 Å². The number of rotatable bonds is 43. The third-order valence-electron chi connectivity index (χ3n) is 10.8. The first-order valence-corrected chi connectivity index (χ1v) is 25.3. The van der Waals surface area contributed by atoms with Crippen LogP contribution < -0.4 is 5.32 Å². The average molecular weight is 794 g/mol. The van der Waals surface area contributed by atoms with Crippen molar-refractivity contribution < 1.29 is 22.9 Å². The minimum Gasteiger partial charge on any atom is -0.387 e. The molecule has 0 radical (unpaired) electrons. The molecule has 0 aliphatic carbocycles. The normalized spacial score (nSPS) is 13.5. The van der Waals surface area contributed by atoms with Crippen molar-refractivity contribution in [2.24, 2.45) is 0 Å². The Labute approximate surface area is 342 Å². The number of carbonyl (C=O) groups is 1. The van der Waals surface area contributed by atoms with E-state index < -0.39 is 28.0 Å². The second kappa shape index (κ2) is 42.2. The Kier molecular flexibility index (Phi) is 41.1. The summed E-state index contributed by atoms with van der Waals surface area (Å²) in [4.78, 5) is 12.6. The third kappa shape index (κ3) is 43.5. The molecule has 0 aromatic heterocycles. The summed E-state index contributed by atoms with van der Waals surface area (Å²) in [6.45, 7) is 4.54. The molecule has 0 aromatic carbocycles. The van der Waals surface area contributed by atoms with Gasteiger partial charge in [-0.15, -0.1) is 0 Å². The van der Waals surface area contributed by atoms with Crippen LogP contribution >= 0.6 is 0 Å². The van der Waals surface area contributed by atoms with E-state index in [1.165, 1.54) is 186 Å². The number of hydrogen-bond donors (Lipinski definition) is 3. The van der Waals surface area contributed by atoms with Crippen LogP contribution in [0.15, 0.2) is 36.5 Å². The molecule has 55 heavy (non-hydrogen) atoms. The van der Waals surface area contributed by atoms with Crippen molar-refractivity contribution in [3.05, 3.63) is 36.5 Å². The summed E-state index contributed by atoms with van der Waals surface area (Å²) in [5.41, 5.74) is 0. The molecule has 324 valence electrons. The van der Waals surface area contributed by atoms with Gasteiger partial charge in [-0.05, 0) is 44.9 Å². The summed E-state index contributed by atoms with van der Waals surface area (Å²) in [6.07, 6.45) is 55.8. The maximum Gasteiger partial charge on any atom is 0.267 e. The van der Waals surface area contributed by atoms with E-state index in [1.54, 1.807) is 0 Å². The summed E-state index contributed by atoms with van der Waals surface area (Å²) in [5.74, 6) is -1.00. The van der Waals surface area contributed by atoms with Crippen molar-refractivity contribution in [2.75, 3.05) is 5.75 Å². The van der Waals surface area contributed by atoms with Gasteiger partial charge in [0.15, 0.2) is 0 Å². The van der Waals surface area contributed by atoms with Gasteiger partial charge in [0.05, 0.1) is 17.9 Å². The molecule has 1 amide bonds. The fourth-order valence-electron chi connectivity index (χ4n) is 7.25. The van der Waals surface area contributed by atoms with Crippen LogP contribution in [-0.2, 0) is 14.9 Å². The highest BCUT2D eigenvalue weighted by atomic mass is 32.2. The molecule has 0 saturated heterocycles. The van der Waals surface area contributed by atoms with E-state index in [2.05, 4.69) is 43.5 Å². The molecule has 0 heterocycles. The standard InChI is InChI=1S/C48H91NO5S/c1-3-5-7-9-11-13-15-17-19-21-23-24-25-26-28-30-32-34-36-38-40-42-44-48(51)49-46(45-55(52,53)54)47(50)43-41-39-37-35-33-31-29-27-22-20-18-16-14-12-10-8-6-4-2/h22,27,33,35,41,43,46-47,50H,3-21,23-26,28-32,34,36-40,42,44-45H2,1-2H3,(H,49,51)(H,52,53,54)/b27-22+,35-33+,43-41+. The molecular weight excluding hydrogens is 703 g/mol. The smallest absolute Gasteiger partial charge is 0.267 e. The van der Waals surface area contributed by atoms with Gasteiger partial charge in [0.25, 0.3) is 10.1 Å². The lowest BCUT2D eigenvalue weighted by Gasteiger charge is -2.21. The van der Waals surface area contributed by atoms with Crippen LogP contribution in [0.3, 0.4) is 0 Å². The Morgan fingerprint density at radius 1 is 0.473 bits per heavy atom. The number of amides is 1. The highest BCUT2D eigenvalue weighted by Crippen LogP contribution is 2.16. The molecule has 7 heteroatoms. The van der Waals surface area contributed by atoms with Crippen molar-refractivity contribution in [1.82, 2.24) is 5.32 Å². The molecule has 0 fully saturated rings. The Hall–Kier alpha value is -1.44. The van der Waals surface area contributed by atoms with Crippen molar-refractivity contribution >= 4 is 16.0 Å². The van der Waals surface area contributed by atoms with Gasteiger partial charge in [-0.25, -0.2) is 0 Å². The van der Waals surface area contributed by atoms with Crippen LogP contribution in [0, 0.1) is 0 Å². The Morgan fingerprint density at radius 3 is 1.15 bits per heavy atom. The molecular formula is C48H91NO5S. The van der Waals surface area contributed by atoms with Crippen LogP contribution in [0.5, 0.6) is 0 Å². The van der Waals surface area contributed by atoms with Gasteiger partial charge in [-0.3, -0.25) is 9.35 Å². The van der Waals surface area contributed by atoms with Crippen LogP contribution in [0.2, 0.25) is 0 Å². The minimum absolute atomic E-state index is 0.288. The van der Waals surface area contributed by atoms with Gasteiger partial charge >= 0.3 is 0 Å². The number of allylic oxidation sites excluding steroid dienone is 5. The summed E-state index contributed by atoms with van der Waals surface area (Å²) in [5, 5.41) is 13.3. The lowest BCUT2D eigenvalue weighted by Crippen LogP contribution is -2.46. The fourth-order valence-corrected chi connectivity index (χ4v) is 7.98. The number of nitrogens with one attached hydrogen (secondary N) is 1. The fraction of sp³-hybridized carbons (Fsp3) is 0.854. The highest BCUT2D eigenvalue weighted by molar-refractivity contribution is 7.85. The number of unbranched alkanes of at least 4 members (excludes halogenated alkanes) is 31. The first-order chi connectivity index (χ1) is 26.8. The predicted molar refractivity (Wildman–Crippen MR) is 239 cm³/mol. The maximum atomic E-state index is 12.6. The maximum absolute atomic E-state index is 12.6. The van der Waals surface area contributed by atoms with E-state index in [-0.39, 0.29) is 12.3 Å². The molecule has 0 aliphatic rings. The molecule has 6 nitrogen and oxygen atoms in total. The quantitative estimate of drug-likeness (QED) is 0.0324. The lowest BCUT2D eigenvalue weighted by molar-refractivity contribution is -0.122. The summed E-state index contributed by atoms with van der Waals surface area (Å²) in [7, 11) is -4.36. The monoisotopic (exact) mass is 794 g/mol. The van der Waals surface area contributed by atoms with Gasteiger partial charge in [0.1, 0.15) is 0 Å². The second-order valence-electron chi connectivity index (χ2n) is 16.4. The minimum atomic E-state index is -4.36. The van der Waals surface area contributed by atoms with Crippen molar-refractivity contribution in [1.29, 1.82) is 0 Å². The zero-order valence-corrected chi connectivity index (χ0v) is 37.1. The summed E-state index contributed by atoms with van der Waals surface area (Å²) in [6, 6.07) is -1.08. The SMILES string of the molecule is CCCCCCCCCC/C=C/CC/C=C/CC/C=C/C(O)C(CS(=O)(=O)O)NC(=O)CCCCCCCCCCCCCCCCCCCCCCCC. The zero-order chi connectivity index (χ0) is 40.3. The number of hydrogen-bond acceptors (Lipinski definition) is 4.